The van der Waals surface area contributed by atoms with Crippen LogP contribution in [0.1, 0.15) is 37.1 Å². The number of nitrogens with zero attached hydrogens (tertiary/aromatic N) is 5. The molecule has 0 spiro atoms. The zero-order valence-electron chi connectivity index (χ0n) is 18.6. The molecule has 0 unspecified atom stereocenters. The molecule has 0 radical (unpaired) electrons. The first-order valence-corrected chi connectivity index (χ1v) is 12.0. The number of benzene rings is 2. The number of anilines is 2. The molecule has 1 aliphatic heterocycles. The summed E-state index contributed by atoms with van der Waals surface area (Å²) < 4.78 is 30.3. The van der Waals surface area contributed by atoms with Crippen LogP contribution >= 0.6 is 34.2 Å². The van der Waals surface area contributed by atoms with Gasteiger partial charge in [0.15, 0.2) is 5.82 Å². The number of halogens is 4. The Morgan fingerprint density at radius 2 is 1.89 bits per heavy atom. The van der Waals surface area contributed by atoms with Crippen LogP contribution in [0.25, 0.3) is 16.9 Å². The molecule has 4 aromatic rings. The third-order valence-electron chi connectivity index (χ3n) is 6.06. The summed E-state index contributed by atoms with van der Waals surface area (Å²) in [6.07, 6.45) is 0.162. The molecule has 0 fully saturated rings. The van der Waals surface area contributed by atoms with Gasteiger partial charge in [-0.2, -0.15) is 19.7 Å². The van der Waals surface area contributed by atoms with Crippen molar-refractivity contribution in [1.29, 1.82) is 0 Å². The molecule has 35 heavy (non-hydrogen) atoms. The highest BCUT2D eigenvalue weighted by Gasteiger charge is 2.39. The van der Waals surface area contributed by atoms with E-state index in [1.807, 2.05) is 13.8 Å². The Morgan fingerprint density at radius 3 is 2.63 bits per heavy atom. The maximum Gasteiger partial charge on any atom is 0.255 e. The van der Waals surface area contributed by atoms with E-state index in [9.17, 15) is 13.6 Å². The number of aromatic nitrogens is 4. The van der Waals surface area contributed by atoms with Gasteiger partial charge in [0.1, 0.15) is 17.5 Å². The number of carbonyl (C=O) groups is 1. The molecule has 0 bridgehead atoms. The number of hydrogen-bond donors (Lipinski definition) is 2. The lowest BCUT2D eigenvalue weighted by Gasteiger charge is -2.35. The number of amides is 1. The Kier molecular flexibility index (Phi) is 5.68. The first-order valence-electron chi connectivity index (χ1n) is 10.5. The molecule has 8 nitrogen and oxygen atoms in total. The standard InChI is InChI=1S/C23H19ClF2IN7O/c1-23(2)9-17(35)33(29)21-18(23)20(28)30-22(31-21)34-16-6-3-10(24)7-12(16)15(32-34)8-11-13(25)4-5-14(26)19(11)27/h3-7H,8-9,29H2,1-2H3,(H2,28,30,31). The van der Waals surface area contributed by atoms with Gasteiger partial charge in [-0.25, -0.2) is 19.6 Å². The van der Waals surface area contributed by atoms with E-state index in [2.05, 4.69) is 15.1 Å². The fourth-order valence-corrected chi connectivity index (χ4v) is 5.18. The third kappa shape index (κ3) is 3.91. The molecule has 1 amide bonds. The van der Waals surface area contributed by atoms with Crippen LogP contribution in [-0.2, 0) is 16.6 Å². The molecule has 2 aromatic heterocycles. The maximum absolute atomic E-state index is 14.6. The summed E-state index contributed by atoms with van der Waals surface area (Å²) in [6, 6.07) is 7.24. The summed E-state index contributed by atoms with van der Waals surface area (Å²) in [5.74, 6) is 5.09. The zero-order valence-corrected chi connectivity index (χ0v) is 21.5. The molecule has 0 atom stereocenters. The molecule has 0 saturated carbocycles. The van der Waals surface area contributed by atoms with Crippen LogP contribution in [0.4, 0.5) is 20.4 Å². The zero-order chi connectivity index (χ0) is 25.2. The van der Waals surface area contributed by atoms with E-state index >= 15 is 0 Å². The van der Waals surface area contributed by atoms with E-state index in [1.54, 1.807) is 40.8 Å². The lowest BCUT2D eigenvalue weighted by Crippen LogP contribution is -2.47. The van der Waals surface area contributed by atoms with Gasteiger partial charge < -0.3 is 5.73 Å². The molecule has 2 aromatic carbocycles. The molecule has 12 heteroatoms. The number of nitrogen functional groups attached to an aromatic ring is 1. The first kappa shape index (κ1) is 23.8. The van der Waals surface area contributed by atoms with Crippen molar-refractivity contribution in [3.8, 4) is 5.95 Å². The van der Waals surface area contributed by atoms with Crippen molar-refractivity contribution in [3.63, 3.8) is 0 Å². The fraction of sp³-hybridized carbons (Fsp3) is 0.217. The Bertz CT molecular complexity index is 1540. The van der Waals surface area contributed by atoms with E-state index in [0.717, 1.165) is 17.1 Å². The van der Waals surface area contributed by atoms with Gasteiger partial charge in [0.05, 0.1) is 14.8 Å². The van der Waals surface area contributed by atoms with Gasteiger partial charge in [-0.1, -0.05) is 25.4 Å². The molecule has 1 aliphatic rings. The Labute approximate surface area is 217 Å². The van der Waals surface area contributed by atoms with E-state index < -0.39 is 17.0 Å². The second-order valence-corrected chi connectivity index (χ2v) is 10.5. The van der Waals surface area contributed by atoms with E-state index in [-0.39, 0.29) is 45.5 Å². The summed E-state index contributed by atoms with van der Waals surface area (Å²) in [5, 5.41) is 6.64. The summed E-state index contributed by atoms with van der Waals surface area (Å²) >= 11 is 8.01. The Hall–Kier alpha value is -2.90. The monoisotopic (exact) mass is 609 g/mol. The number of nitrogens with two attached hydrogens (primary N) is 2. The van der Waals surface area contributed by atoms with Crippen LogP contribution in [0.5, 0.6) is 0 Å². The highest BCUT2D eigenvalue weighted by molar-refractivity contribution is 14.1. The quantitative estimate of drug-likeness (QED) is 0.154. The molecular formula is C23H19ClF2IN7O. The fourth-order valence-electron chi connectivity index (χ4n) is 4.38. The van der Waals surface area contributed by atoms with Crippen molar-refractivity contribution >= 4 is 62.6 Å². The van der Waals surface area contributed by atoms with Crippen molar-refractivity contribution in [3.05, 3.63) is 67.4 Å². The van der Waals surface area contributed by atoms with Gasteiger partial charge in [0.25, 0.3) is 5.95 Å². The van der Waals surface area contributed by atoms with Crippen molar-refractivity contribution < 1.29 is 13.6 Å². The van der Waals surface area contributed by atoms with Gasteiger partial charge in [-0.05, 0) is 52.9 Å². The van der Waals surface area contributed by atoms with Crippen molar-refractivity contribution in [2.24, 2.45) is 5.84 Å². The van der Waals surface area contributed by atoms with Crippen LogP contribution in [0.15, 0.2) is 30.3 Å². The molecular weight excluding hydrogens is 591 g/mol. The van der Waals surface area contributed by atoms with Gasteiger partial charge >= 0.3 is 0 Å². The predicted octanol–water partition coefficient (Wildman–Crippen LogP) is 4.41. The van der Waals surface area contributed by atoms with Crippen LogP contribution < -0.4 is 16.6 Å². The highest BCUT2D eigenvalue weighted by atomic mass is 127. The average molecular weight is 610 g/mol. The largest absolute Gasteiger partial charge is 0.383 e. The van der Waals surface area contributed by atoms with Crippen LogP contribution in [-0.4, -0.2) is 25.7 Å². The highest BCUT2D eigenvalue weighted by Crippen LogP contribution is 2.41. The van der Waals surface area contributed by atoms with E-state index in [4.69, 9.17) is 23.2 Å². The molecule has 0 aliphatic carbocycles. The lowest BCUT2D eigenvalue weighted by molar-refractivity contribution is -0.120. The normalized spacial score (nSPS) is 15.1. The first-order chi connectivity index (χ1) is 16.5. The molecule has 3 heterocycles. The predicted molar refractivity (Wildman–Crippen MR) is 137 cm³/mol. The second-order valence-electron chi connectivity index (χ2n) is 8.95. The molecule has 5 rings (SSSR count). The summed E-state index contributed by atoms with van der Waals surface area (Å²) in [5.41, 5.74) is 7.45. The van der Waals surface area contributed by atoms with Gasteiger partial charge in [-0.15, -0.1) is 0 Å². The number of carbonyl (C=O) groups excluding carboxylic acids is 1. The topological polar surface area (TPSA) is 116 Å². The third-order valence-corrected chi connectivity index (χ3v) is 7.47. The van der Waals surface area contributed by atoms with E-state index in [1.165, 1.54) is 4.68 Å². The van der Waals surface area contributed by atoms with Gasteiger partial charge in [0, 0.05) is 39.8 Å². The van der Waals surface area contributed by atoms with Crippen LogP contribution in [0.3, 0.4) is 0 Å². The molecule has 180 valence electrons. The summed E-state index contributed by atoms with van der Waals surface area (Å²) in [6.45, 7) is 3.74. The molecule has 4 N–H and O–H groups in total. The average Bonchev–Trinajstić information content (AvgIpc) is 3.14. The van der Waals surface area contributed by atoms with E-state index in [0.29, 0.717) is 27.2 Å². The Morgan fingerprint density at radius 1 is 1.17 bits per heavy atom. The van der Waals surface area contributed by atoms with Crippen LogP contribution in [0.2, 0.25) is 5.02 Å². The minimum absolute atomic E-state index is 0.000657. The van der Waals surface area contributed by atoms with Crippen molar-refractivity contribution in [2.75, 3.05) is 10.7 Å². The minimum atomic E-state index is -0.610. The maximum atomic E-state index is 14.6. The smallest absolute Gasteiger partial charge is 0.255 e. The van der Waals surface area contributed by atoms with Gasteiger partial charge in [0.2, 0.25) is 5.91 Å². The second kappa shape index (κ2) is 8.35. The minimum Gasteiger partial charge on any atom is -0.383 e. The number of hydrogen-bond acceptors (Lipinski definition) is 6. The Balaban J connectivity index is 1.72. The number of fused-ring (bicyclic) bond motifs is 2. The summed E-state index contributed by atoms with van der Waals surface area (Å²) in [4.78, 5) is 21.5. The lowest BCUT2D eigenvalue weighted by atomic mass is 9.79. The number of hydrazine groups is 1. The van der Waals surface area contributed by atoms with Crippen molar-refractivity contribution in [1.82, 2.24) is 19.7 Å². The number of rotatable bonds is 3. The molecule has 0 saturated heterocycles. The van der Waals surface area contributed by atoms with Crippen LogP contribution in [0, 0.1) is 15.2 Å². The van der Waals surface area contributed by atoms with Crippen molar-refractivity contribution in [2.45, 2.75) is 32.1 Å². The SMILES string of the molecule is CC1(C)CC(=O)N(N)c2nc(-n3nc(Cc4c(F)ccc(F)c4I)c4cc(Cl)ccc43)nc(N)c21. The summed E-state index contributed by atoms with van der Waals surface area (Å²) in [7, 11) is 0. The van der Waals surface area contributed by atoms with Gasteiger partial charge in [-0.3, -0.25) is 4.79 Å².